The smallest absolute Gasteiger partial charge is 0.255 e. The van der Waals surface area contributed by atoms with Crippen LogP contribution in [-0.2, 0) is 0 Å². The average molecular weight is 318 g/mol. The fraction of sp³-hybridized carbons (Fsp3) is 0.143. The van der Waals surface area contributed by atoms with Crippen molar-refractivity contribution in [2.75, 3.05) is 18.4 Å². The molecule has 1 aliphatic rings. The summed E-state index contributed by atoms with van der Waals surface area (Å²) >= 11 is 3.45. The maximum atomic E-state index is 11.8. The molecule has 1 aliphatic heterocycles. The average Bonchev–Trinajstić information content (AvgIpc) is 2.60. The highest BCUT2D eigenvalue weighted by molar-refractivity contribution is 9.10. The first kappa shape index (κ1) is 12.2. The molecule has 4 nitrogen and oxygen atoms in total. The molecule has 0 saturated carbocycles. The summed E-state index contributed by atoms with van der Waals surface area (Å²) in [7, 11) is 0. The van der Waals surface area contributed by atoms with Crippen molar-refractivity contribution < 1.29 is 4.79 Å². The predicted octanol–water partition coefficient (Wildman–Crippen LogP) is 2.67. The van der Waals surface area contributed by atoms with E-state index in [0.29, 0.717) is 24.5 Å². The minimum atomic E-state index is -0.0757. The molecule has 2 N–H and O–H groups in total. The fourth-order valence-electron chi connectivity index (χ4n) is 2.04. The summed E-state index contributed by atoms with van der Waals surface area (Å²) in [4.78, 5) is 16.4. The molecule has 0 saturated heterocycles. The number of anilines is 1. The van der Waals surface area contributed by atoms with Crippen LogP contribution in [0.25, 0.3) is 11.3 Å². The Morgan fingerprint density at radius 2 is 1.95 bits per heavy atom. The van der Waals surface area contributed by atoms with Crippen molar-refractivity contribution in [1.82, 2.24) is 10.3 Å². The summed E-state index contributed by atoms with van der Waals surface area (Å²) in [5.74, 6) is 0.570. The van der Waals surface area contributed by atoms with Crippen molar-refractivity contribution in [3.8, 4) is 11.3 Å². The molecule has 0 fully saturated rings. The number of carbonyl (C=O) groups is 1. The zero-order chi connectivity index (χ0) is 13.2. The van der Waals surface area contributed by atoms with Gasteiger partial charge in [-0.05, 0) is 24.3 Å². The fourth-order valence-corrected chi connectivity index (χ4v) is 2.44. The van der Waals surface area contributed by atoms with Gasteiger partial charge >= 0.3 is 0 Å². The van der Waals surface area contributed by atoms with E-state index in [1.807, 2.05) is 36.4 Å². The third-order valence-corrected chi connectivity index (χ3v) is 3.46. The summed E-state index contributed by atoms with van der Waals surface area (Å²) in [6.45, 7) is 1.30. The van der Waals surface area contributed by atoms with Gasteiger partial charge in [0.25, 0.3) is 5.91 Å². The summed E-state index contributed by atoms with van der Waals surface area (Å²) < 4.78 is 1.01. The number of benzene rings is 1. The first-order valence-electron chi connectivity index (χ1n) is 6.03. The van der Waals surface area contributed by atoms with E-state index in [1.165, 1.54) is 0 Å². The third kappa shape index (κ3) is 2.46. The Morgan fingerprint density at radius 3 is 2.79 bits per heavy atom. The maximum Gasteiger partial charge on any atom is 0.255 e. The number of rotatable bonds is 1. The second kappa shape index (κ2) is 5.01. The molecule has 0 spiro atoms. The number of fused-ring (bicyclic) bond motifs is 1. The number of nitrogens with zero attached hydrogens (tertiary/aromatic N) is 1. The van der Waals surface area contributed by atoms with E-state index in [2.05, 4.69) is 31.5 Å². The van der Waals surface area contributed by atoms with E-state index < -0.39 is 0 Å². The molecule has 1 amide bonds. The SMILES string of the molecule is O=C1NCCNc2nc(-c3cccc(Br)c3)ccc21. The molecular weight excluding hydrogens is 306 g/mol. The van der Waals surface area contributed by atoms with Crippen LogP contribution in [-0.4, -0.2) is 24.0 Å². The third-order valence-electron chi connectivity index (χ3n) is 2.96. The normalized spacial score (nSPS) is 14.1. The molecule has 0 bridgehead atoms. The molecule has 96 valence electrons. The van der Waals surface area contributed by atoms with Crippen molar-refractivity contribution >= 4 is 27.7 Å². The highest BCUT2D eigenvalue weighted by atomic mass is 79.9. The van der Waals surface area contributed by atoms with Crippen molar-refractivity contribution in [3.63, 3.8) is 0 Å². The summed E-state index contributed by atoms with van der Waals surface area (Å²) in [5.41, 5.74) is 2.46. The second-order valence-corrected chi connectivity index (χ2v) is 5.20. The van der Waals surface area contributed by atoms with Crippen LogP contribution in [0.15, 0.2) is 40.9 Å². The first-order chi connectivity index (χ1) is 9.24. The van der Waals surface area contributed by atoms with Crippen LogP contribution in [0.3, 0.4) is 0 Å². The van der Waals surface area contributed by atoms with Crippen LogP contribution >= 0.6 is 15.9 Å². The number of halogens is 1. The monoisotopic (exact) mass is 317 g/mol. The highest BCUT2D eigenvalue weighted by Gasteiger charge is 2.16. The number of aromatic nitrogens is 1. The molecule has 3 rings (SSSR count). The Kier molecular flexibility index (Phi) is 3.21. The highest BCUT2D eigenvalue weighted by Crippen LogP contribution is 2.24. The van der Waals surface area contributed by atoms with Gasteiger partial charge in [-0.25, -0.2) is 4.98 Å². The van der Waals surface area contributed by atoms with Gasteiger partial charge < -0.3 is 10.6 Å². The van der Waals surface area contributed by atoms with E-state index in [-0.39, 0.29) is 5.91 Å². The van der Waals surface area contributed by atoms with Crippen molar-refractivity contribution in [3.05, 3.63) is 46.4 Å². The molecule has 2 heterocycles. The Bertz CT molecular complexity index is 642. The maximum absolute atomic E-state index is 11.8. The lowest BCUT2D eigenvalue weighted by atomic mass is 10.1. The van der Waals surface area contributed by atoms with Gasteiger partial charge in [0.1, 0.15) is 5.82 Å². The quantitative estimate of drug-likeness (QED) is 0.850. The molecule has 1 aromatic heterocycles. The molecule has 0 aliphatic carbocycles. The van der Waals surface area contributed by atoms with Crippen molar-refractivity contribution in [2.24, 2.45) is 0 Å². The van der Waals surface area contributed by atoms with E-state index in [4.69, 9.17) is 0 Å². The Labute approximate surface area is 119 Å². The lowest BCUT2D eigenvalue weighted by Gasteiger charge is -2.08. The standard InChI is InChI=1S/C14H12BrN3O/c15-10-3-1-2-9(8-10)12-5-4-11-13(18-12)16-6-7-17-14(11)19/h1-5,8H,6-7H2,(H,16,18)(H,17,19). The van der Waals surface area contributed by atoms with Crippen LogP contribution in [0.5, 0.6) is 0 Å². The van der Waals surface area contributed by atoms with Gasteiger partial charge in [-0.15, -0.1) is 0 Å². The summed E-state index contributed by atoms with van der Waals surface area (Å²) in [6.07, 6.45) is 0. The predicted molar refractivity (Wildman–Crippen MR) is 78.2 cm³/mol. The Hall–Kier alpha value is -1.88. The number of nitrogens with one attached hydrogen (secondary N) is 2. The molecule has 0 atom stereocenters. The van der Waals surface area contributed by atoms with Gasteiger partial charge in [0.2, 0.25) is 0 Å². The first-order valence-corrected chi connectivity index (χ1v) is 6.82. The van der Waals surface area contributed by atoms with Gasteiger partial charge in [-0.2, -0.15) is 0 Å². The molecule has 1 aromatic carbocycles. The van der Waals surface area contributed by atoms with Crippen LogP contribution in [0.1, 0.15) is 10.4 Å². The molecule has 0 radical (unpaired) electrons. The molecular formula is C14H12BrN3O. The van der Waals surface area contributed by atoms with Gasteiger partial charge in [-0.1, -0.05) is 28.1 Å². The number of hydrogen-bond donors (Lipinski definition) is 2. The number of carbonyl (C=O) groups excluding carboxylic acids is 1. The zero-order valence-electron chi connectivity index (χ0n) is 10.1. The van der Waals surface area contributed by atoms with Crippen LogP contribution in [0, 0.1) is 0 Å². The van der Waals surface area contributed by atoms with Gasteiger partial charge in [0.15, 0.2) is 0 Å². The molecule has 2 aromatic rings. The van der Waals surface area contributed by atoms with Gasteiger partial charge in [-0.3, -0.25) is 4.79 Å². The topological polar surface area (TPSA) is 54.0 Å². The van der Waals surface area contributed by atoms with Crippen LogP contribution in [0.4, 0.5) is 5.82 Å². The van der Waals surface area contributed by atoms with E-state index in [9.17, 15) is 4.79 Å². The van der Waals surface area contributed by atoms with Crippen LogP contribution < -0.4 is 10.6 Å². The minimum absolute atomic E-state index is 0.0757. The lowest BCUT2D eigenvalue weighted by molar-refractivity contribution is 0.0958. The van der Waals surface area contributed by atoms with E-state index in [1.54, 1.807) is 0 Å². The molecule has 19 heavy (non-hydrogen) atoms. The number of hydrogen-bond acceptors (Lipinski definition) is 3. The van der Waals surface area contributed by atoms with Crippen molar-refractivity contribution in [1.29, 1.82) is 0 Å². The molecule has 0 unspecified atom stereocenters. The second-order valence-electron chi connectivity index (χ2n) is 4.29. The largest absolute Gasteiger partial charge is 0.368 e. The van der Waals surface area contributed by atoms with Gasteiger partial charge in [0, 0.05) is 23.1 Å². The zero-order valence-corrected chi connectivity index (χ0v) is 11.7. The number of amides is 1. The minimum Gasteiger partial charge on any atom is -0.368 e. The molecule has 5 heteroatoms. The summed E-state index contributed by atoms with van der Waals surface area (Å²) in [6, 6.07) is 11.6. The van der Waals surface area contributed by atoms with Gasteiger partial charge in [0.05, 0.1) is 11.3 Å². The van der Waals surface area contributed by atoms with E-state index in [0.717, 1.165) is 15.7 Å². The van der Waals surface area contributed by atoms with E-state index >= 15 is 0 Å². The van der Waals surface area contributed by atoms with Crippen molar-refractivity contribution in [2.45, 2.75) is 0 Å². The number of pyridine rings is 1. The summed E-state index contributed by atoms with van der Waals surface area (Å²) in [5, 5.41) is 5.99. The Balaban J connectivity index is 2.06. The van der Waals surface area contributed by atoms with Crippen LogP contribution in [0.2, 0.25) is 0 Å². The lowest BCUT2D eigenvalue weighted by Crippen LogP contribution is -2.24. The Morgan fingerprint density at radius 1 is 1.11 bits per heavy atom.